The molecule has 0 aliphatic carbocycles. The van der Waals surface area contributed by atoms with E-state index in [1.54, 1.807) is 14.2 Å². The first-order valence-electron chi connectivity index (χ1n) is 4.66. The van der Waals surface area contributed by atoms with Crippen molar-refractivity contribution in [3.8, 4) is 0 Å². The van der Waals surface area contributed by atoms with Crippen molar-refractivity contribution in [1.82, 2.24) is 0 Å². The van der Waals surface area contributed by atoms with Crippen molar-refractivity contribution in [1.29, 1.82) is 0 Å². The van der Waals surface area contributed by atoms with Crippen molar-refractivity contribution < 1.29 is 28.5 Å². The molecule has 6 heteroatoms. The lowest BCUT2D eigenvalue weighted by molar-refractivity contribution is 0.0385. The maximum absolute atomic E-state index is 9.80. The van der Waals surface area contributed by atoms with Crippen LogP contribution in [0, 0.1) is 0 Å². The molecule has 1 heterocycles. The molecule has 0 aromatic heterocycles. The summed E-state index contributed by atoms with van der Waals surface area (Å²) in [5.41, 5.74) is 0. The smallest absolute Gasteiger partial charge is 0.431 e. The standard InChI is InChI=1S/C6H14O3.C3H4O3/c1-7-3-5-9-6-4-8-2;4-3-5-1-2-6-3/h3-6H2,1-2H3;1-2H2. The SMILES string of the molecule is COCCOCCOC.O=C1OCCO1. The summed E-state index contributed by atoms with van der Waals surface area (Å²) in [6, 6.07) is 0. The second-order valence-electron chi connectivity index (χ2n) is 2.54. The third-order valence-electron chi connectivity index (χ3n) is 1.39. The lowest BCUT2D eigenvalue weighted by atomic mass is 10.7. The Labute approximate surface area is 89.4 Å². The lowest BCUT2D eigenvalue weighted by Crippen LogP contribution is -2.06. The minimum atomic E-state index is -0.546. The van der Waals surface area contributed by atoms with Crippen molar-refractivity contribution >= 4 is 6.16 Å². The highest BCUT2D eigenvalue weighted by Gasteiger charge is 2.09. The molecule has 1 fully saturated rings. The van der Waals surface area contributed by atoms with E-state index in [2.05, 4.69) is 9.47 Å². The van der Waals surface area contributed by atoms with Gasteiger partial charge in [-0.05, 0) is 0 Å². The third kappa shape index (κ3) is 11.1. The van der Waals surface area contributed by atoms with Gasteiger partial charge in [0.25, 0.3) is 0 Å². The zero-order valence-electron chi connectivity index (χ0n) is 9.19. The van der Waals surface area contributed by atoms with Crippen LogP contribution in [0.1, 0.15) is 0 Å². The minimum Gasteiger partial charge on any atom is -0.431 e. The molecule has 0 aromatic rings. The molecule has 0 N–H and O–H groups in total. The summed E-state index contributed by atoms with van der Waals surface area (Å²) in [5.74, 6) is 0. The van der Waals surface area contributed by atoms with E-state index >= 15 is 0 Å². The van der Waals surface area contributed by atoms with Crippen LogP contribution in [0.2, 0.25) is 0 Å². The van der Waals surface area contributed by atoms with Gasteiger partial charge >= 0.3 is 6.16 Å². The van der Waals surface area contributed by atoms with Crippen LogP contribution in [0.5, 0.6) is 0 Å². The van der Waals surface area contributed by atoms with Crippen LogP contribution in [0.25, 0.3) is 0 Å². The molecular formula is C9H18O6. The van der Waals surface area contributed by atoms with Gasteiger partial charge in [-0.15, -0.1) is 0 Å². The van der Waals surface area contributed by atoms with Crippen molar-refractivity contribution in [3.63, 3.8) is 0 Å². The van der Waals surface area contributed by atoms with Gasteiger partial charge in [0.05, 0.1) is 26.4 Å². The van der Waals surface area contributed by atoms with E-state index in [1.807, 2.05) is 0 Å². The first kappa shape index (κ1) is 14.2. The van der Waals surface area contributed by atoms with Crippen molar-refractivity contribution in [2.45, 2.75) is 0 Å². The van der Waals surface area contributed by atoms with Gasteiger partial charge in [0.1, 0.15) is 13.2 Å². The molecule has 0 bridgehead atoms. The number of hydrogen-bond donors (Lipinski definition) is 0. The predicted molar refractivity (Wildman–Crippen MR) is 51.9 cm³/mol. The van der Waals surface area contributed by atoms with E-state index in [0.717, 1.165) is 0 Å². The summed E-state index contributed by atoms with van der Waals surface area (Å²) < 4.78 is 23.2. The van der Waals surface area contributed by atoms with Gasteiger partial charge in [0.2, 0.25) is 0 Å². The van der Waals surface area contributed by atoms with E-state index in [0.29, 0.717) is 39.6 Å². The topological polar surface area (TPSA) is 63.2 Å². The largest absolute Gasteiger partial charge is 0.508 e. The summed E-state index contributed by atoms with van der Waals surface area (Å²) in [7, 11) is 3.30. The second-order valence-corrected chi connectivity index (χ2v) is 2.54. The summed E-state index contributed by atoms with van der Waals surface area (Å²) in [6.07, 6.45) is -0.546. The van der Waals surface area contributed by atoms with Gasteiger partial charge in [0.15, 0.2) is 0 Å². The van der Waals surface area contributed by atoms with Gasteiger partial charge in [-0.3, -0.25) is 0 Å². The Hall–Kier alpha value is -0.850. The van der Waals surface area contributed by atoms with Gasteiger partial charge in [-0.25, -0.2) is 4.79 Å². The average Bonchev–Trinajstić information content (AvgIpc) is 2.70. The zero-order valence-corrected chi connectivity index (χ0v) is 9.19. The molecule has 0 saturated carbocycles. The maximum atomic E-state index is 9.80. The Morgan fingerprint density at radius 3 is 1.73 bits per heavy atom. The average molecular weight is 222 g/mol. The molecule has 0 radical (unpaired) electrons. The molecule has 1 aliphatic rings. The van der Waals surface area contributed by atoms with Crippen LogP contribution in [-0.2, 0) is 23.7 Å². The zero-order chi connectivity index (χ0) is 11.4. The summed E-state index contributed by atoms with van der Waals surface area (Å²) in [5, 5.41) is 0. The van der Waals surface area contributed by atoms with Crippen molar-refractivity contribution in [2.24, 2.45) is 0 Å². The van der Waals surface area contributed by atoms with Crippen LogP contribution in [0.3, 0.4) is 0 Å². The molecule has 1 rings (SSSR count). The molecule has 0 amide bonds. The molecule has 0 spiro atoms. The predicted octanol–water partition coefficient (Wildman–Crippen LogP) is 0.449. The fourth-order valence-corrected chi connectivity index (χ4v) is 0.678. The van der Waals surface area contributed by atoms with E-state index in [1.165, 1.54) is 0 Å². The normalized spacial score (nSPS) is 13.9. The Morgan fingerprint density at radius 1 is 1.00 bits per heavy atom. The van der Waals surface area contributed by atoms with Gasteiger partial charge in [-0.2, -0.15) is 0 Å². The molecule has 15 heavy (non-hydrogen) atoms. The highest BCUT2D eigenvalue weighted by atomic mass is 16.8. The van der Waals surface area contributed by atoms with Crippen LogP contribution in [-0.4, -0.2) is 60.0 Å². The van der Waals surface area contributed by atoms with Crippen molar-refractivity contribution in [2.75, 3.05) is 53.9 Å². The van der Waals surface area contributed by atoms with Crippen LogP contribution in [0.4, 0.5) is 4.79 Å². The number of carbonyl (C=O) groups is 1. The molecule has 6 nitrogen and oxygen atoms in total. The van der Waals surface area contributed by atoms with E-state index in [-0.39, 0.29) is 0 Å². The Balaban J connectivity index is 0.000000280. The van der Waals surface area contributed by atoms with E-state index in [4.69, 9.17) is 14.2 Å². The molecule has 0 atom stereocenters. The number of cyclic esters (lactones) is 2. The molecule has 1 saturated heterocycles. The molecule has 90 valence electrons. The minimum absolute atomic E-state index is 0.416. The third-order valence-corrected chi connectivity index (χ3v) is 1.39. The van der Waals surface area contributed by atoms with Crippen molar-refractivity contribution in [3.05, 3.63) is 0 Å². The van der Waals surface area contributed by atoms with Crippen LogP contribution in [0.15, 0.2) is 0 Å². The van der Waals surface area contributed by atoms with Crippen LogP contribution >= 0.6 is 0 Å². The van der Waals surface area contributed by atoms with E-state index in [9.17, 15) is 4.79 Å². The summed E-state index contributed by atoms with van der Waals surface area (Å²) in [6.45, 7) is 3.45. The van der Waals surface area contributed by atoms with Gasteiger partial charge in [-0.1, -0.05) is 0 Å². The maximum Gasteiger partial charge on any atom is 0.508 e. The molecule has 0 unspecified atom stereocenters. The quantitative estimate of drug-likeness (QED) is 0.480. The number of hydrogen-bond acceptors (Lipinski definition) is 6. The fourth-order valence-electron chi connectivity index (χ4n) is 0.678. The monoisotopic (exact) mass is 222 g/mol. The molecule has 1 aliphatic heterocycles. The fraction of sp³-hybridized carbons (Fsp3) is 0.889. The number of methoxy groups -OCH3 is 2. The van der Waals surface area contributed by atoms with Gasteiger partial charge < -0.3 is 23.7 Å². The highest BCUT2D eigenvalue weighted by Crippen LogP contribution is 1.92. The first-order valence-corrected chi connectivity index (χ1v) is 4.66. The molecular weight excluding hydrogens is 204 g/mol. The van der Waals surface area contributed by atoms with E-state index < -0.39 is 6.16 Å². The van der Waals surface area contributed by atoms with Crippen LogP contribution < -0.4 is 0 Å². The summed E-state index contributed by atoms with van der Waals surface area (Å²) in [4.78, 5) is 9.80. The number of rotatable bonds is 6. The lowest BCUT2D eigenvalue weighted by Gasteiger charge is -2.00. The number of carbonyl (C=O) groups excluding carboxylic acids is 1. The second kappa shape index (κ2) is 11.2. The first-order chi connectivity index (χ1) is 7.31. The molecule has 0 aromatic carbocycles. The Morgan fingerprint density at radius 2 is 1.47 bits per heavy atom. The Kier molecular flexibility index (Phi) is 10.6. The highest BCUT2D eigenvalue weighted by molar-refractivity contribution is 5.61. The Bertz CT molecular complexity index is 136. The van der Waals surface area contributed by atoms with Gasteiger partial charge in [0, 0.05) is 14.2 Å². The number of ether oxygens (including phenoxy) is 5. The summed E-state index contributed by atoms with van der Waals surface area (Å²) >= 11 is 0.